The Kier molecular flexibility index (Phi) is 6.65. The molecule has 0 aromatic heterocycles. The maximum absolute atomic E-state index is 13.9. The molecule has 1 aromatic rings. The molecular weight excluding hydrogens is 265 g/mol. The van der Waals surface area contributed by atoms with Gasteiger partial charge in [0.05, 0.1) is 6.10 Å². The summed E-state index contributed by atoms with van der Waals surface area (Å²) < 4.78 is 19.8. The first kappa shape index (κ1) is 16.4. The van der Waals surface area contributed by atoms with Crippen molar-refractivity contribution in [2.75, 3.05) is 13.7 Å². The summed E-state index contributed by atoms with van der Waals surface area (Å²) in [6.07, 6.45) is 7.26. The largest absolute Gasteiger partial charge is 0.380 e. The second-order valence-corrected chi connectivity index (χ2v) is 6.06. The Morgan fingerprint density at radius 2 is 1.95 bits per heavy atom. The fourth-order valence-corrected chi connectivity index (χ4v) is 3.62. The lowest BCUT2D eigenvalue weighted by atomic mass is 9.81. The van der Waals surface area contributed by atoms with Gasteiger partial charge in [-0.2, -0.15) is 0 Å². The van der Waals surface area contributed by atoms with Gasteiger partial charge in [-0.15, -0.1) is 0 Å². The number of benzene rings is 1. The molecular formula is C18H28FNO. The molecule has 3 heteroatoms. The SMILES string of the molecule is CCNC(Cc1ccccc1F)C(OC)C1CCCCC1. The standard InChI is InChI=1S/C18H28FNO/c1-3-20-17(13-15-11-7-8-12-16(15)19)18(21-2)14-9-5-4-6-10-14/h7-8,11-12,14,17-18,20H,3-6,9-10,13H2,1-2H3. The summed E-state index contributed by atoms with van der Waals surface area (Å²) in [7, 11) is 1.80. The Labute approximate surface area is 128 Å². The lowest BCUT2D eigenvalue weighted by molar-refractivity contribution is 0.00851. The molecule has 1 aromatic carbocycles. The molecule has 0 bridgehead atoms. The van der Waals surface area contributed by atoms with E-state index in [1.807, 2.05) is 12.1 Å². The third-order valence-corrected chi connectivity index (χ3v) is 4.65. The number of ether oxygens (including phenoxy) is 1. The molecule has 0 heterocycles. The number of rotatable bonds is 7. The Morgan fingerprint density at radius 1 is 1.24 bits per heavy atom. The van der Waals surface area contributed by atoms with Crippen LogP contribution >= 0.6 is 0 Å². The summed E-state index contributed by atoms with van der Waals surface area (Å²) >= 11 is 0. The fraction of sp³-hybridized carbons (Fsp3) is 0.667. The van der Waals surface area contributed by atoms with Gasteiger partial charge < -0.3 is 10.1 Å². The van der Waals surface area contributed by atoms with Crippen LogP contribution in [-0.2, 0) is 11.2 Å². The average molecular weight is 293 g/mol. The van der Waals surface area contributed by atoms with Gasteiger partial charge in [-0.3, -0.25) is 0 Å². The van der Waals surface area contributed by atoms with Crippen LogP contribution in [-0.4, -0.2) is 25.8 Å². The summed E-state index contributed by atoms with van der Waals surface area (Å²) in [5.74, 6) is 0.485. The Morgan fingerprint density at radius 3 is 2.57 bits per heavy atom. The normalized spacial score (nSPS) is 19.4. The van der Waals surface area contributed by atoms with E-state index in [2.05, 4.69) is 12.2 Å². The van der Waals surface area contributed by atoms with Gasteiger partial charge in [-0.25, -0.2) is 4.39 Å². The van der Waals surface area contributed by atoms with Crippen LogP contribution in [0.25, 0.3) is 0 Å². The van der Waals surface area contributed by atoms with Gasteiger partial charge >= 0.3 is 0 Å². The van der Waals surface area contributed by atoms with Gasteiger partial charge in [0.1, 0.15) is 5.82 Å². The Bertz CT molecular complexity index is 417. The minimum atomic E-state index is -0.112. The minimum Gasteiger partial charge on any atom is -0.380 e. The van der Waals surface area contributed by atoms with Gasteiger partial charge in [0.2, 0.25) is 0 Å². The molecule has 21 heavy (non-hydrogen) atoms. The van der Waals surface area contributed by atoms with E-state index < -0.39 is 0 Å². The molecule has 0 spiro atoms. The molecule has 0 aliphatic heterocycles. The number of halogens is 1. The van der Waals surface area contributed by atoms with Crippen molar-refractivity contribution in [1.82, 2.24) is 5.32 Å². The van der Waals surface area contributed by atoms with Crippen molar-refractivity contribution in [3.8, 4) is 0 Å². The van der Waals surface area contributed by atoms with Crippen molar-refractivity contribution < 1.29 is 9.13 Å². The first-order valence-corrected chi connectivity index (χ1v) is 8.25. The summed E-state index contributed by atoms with van der Waals surface area (Å²) in [4.78, 5) is 0. The van der Waals surface area contributed by atoms with Crippen molar-refractivity contribution in [3.05, 3.63) is 35.6 Å². The van der Waals surface area contributed by atoms with Crippen LogP contribution in [0.1, 0.15) is 44.6 Å². The zero-order valence-electron chi connectivity index (χ0n) is 13.3. The molecule has 1 fully saturated rings. The van der Waals surface area contributed by atoms with Crippen LogP contribution in [0.3, 0.4) is 0 Å². The van der Waals surface area contributed by atoms with Crippen molar-refractivity contribution in [1.29, 1.82) is 0 Å². The van der Waals surface area contributed by atoms with Gasteiger partial charge in [-0.05, 0) is 43.4 Å². The molecule has 2 rings (SSSR count). The van der Waals surface area contributed by atoms with Crippen molar-refractivity contribution >= 4 is 0 Å². The molecule has 0 radical (unpaired) electrons. The molecule has 1 aliphatic rings. The van der Waals surface area contributed by atoms with Crippen LogP contribution in [0, 0.1) is 11.7 Å². The lowest BCUT2D eigenvalue weighted by Crippen LogP contribution is -2.47. The zero-order valence-corrected chi connectivity index (χ0v) is 13.3. The first-order valence-electron chi connectivity index (χ1n) is 8.25. The smallest absolute Gasteiger partial charge is 0.126 e. The van der Waals surface area contributed by atoms with Gasteiger partial charge in [0, 0.05) is 13.2 Å². The maximum Gasteiger partial charge on any atom is 0.126 e. The van der Waals surface area contributed by atoms with Crippen LogP contribution < -0.4 is 5.32 Å². The quantitative estimate of drug-likeness (QED) is 0.822. The molecule has 0 amide bonds. The first-order chi connectivity index (χ1) is 10.3. The third-order valence-electron chi connectivity index (χ3n) is 4.65. The molecule has 1 saturated carbocycles. The van der Waals surface area contributed by atoms with Crippen molar-refractivity contribution in [2.24, 2.45) is 5.92 Å². The molecule has 1 aliphatic carbocycles. The Balaban J connectivity index is 2.10. The maximum atomic E-state index is 13.9. The zero-order chi connectivity index (χ0) is 15.1. The second kappa shape index (κ2) is 8.50. The van der Waals surface area contributed by atoms with Gasteiger partial charge in [0.25, 0.3) is 0 Å². The van der Waals surface area contributed by atoms with Gasteiger partial charge in [-0.1, -0.05) is 44.4 Å². The predicted octanol–water partition coefficient (Wildman–Crippen LogP) is 3.94. The number of methoxy groups -OCH3 is 1. The average Bonchev–Trinajstić information content (AvgIpc) is 2.51. The number of hydrogen-bond donors (Lipinski definition) is 1. The van der Waals surface area contributed by atoms with E-state index in [4.69, 9.17) is 4.74 Å². The molecule has 0 saturated heterocycles. The van der Waals surface area contributed by atoms with Crippen LogP contribution in [0.2, 0.25) is 0 Å². The number of likely N-dealkylation sites (N-methyl/N-ethyl adjacent to an activating group) is 1. The molecule has 2 nitrogen and oxygen atoms in total. The summed E-state index contributed by atoms with van der Waals surface area (Å²) in [6.45, 7) is 2.98. The van der Waals surface area contributed by atoms with E-state index in [1.165, 1.54) is 32.1 Å². The highest BCUT2D eigenvalue weighted by Gasteiger charge is 2.30. The number of hydrogen-bond acceptors (Lipinski definition) is 2. The number of nitrogens with one attached hydrogen (secondary N) is 1. The predicted molar refractivity (Wildman–Crippen MR) is 84.9 cm³/mol. The van der Waals surface area contributed by atoms with E-state index in [1.54, 1.807) is 19.2 Å². The highest BCUT2D eigenvalue weighted by atomic mass is 19.1. The Hall–Kier alpha value is -0.930. The topological polar surface area (TPSA) is 21.3 Å². The van der Waals surface area contributed by atoms with E-state index in [0.29, 0.717) is 12.3 Å². The summed E-state index contributed by atoms with van der Waals surface area (Å²) in [6, 6.07) is 7.26. The van der Waals surface area contributed by atoms with E-state index in [-0.39, 0.29) is 18.0 Å². The van der Waals surface area contributed by atoms with E-state index in [9.17, 15) is 4.39 Å². The molecule has 118 valence electrons. The minimum absolute atomic E-state index is 0.112. The molecule has 1 N–H and O–H groups in total. The van der Waals surface area contributed by atoms with Crippen molar-refractivity contribution in [3.63, 3.8) is 0 Å². The van der Waals surface area contributed by atoms with Crippen molar-refractivity contribution in [2.45, 2.75) is 57.6 Å². The molecule has 2 atom stereocenters. The summed E-state index contributed by atoms with van der Waals surface area (Å²) in [5.41, 5.74) is 0.779. The highest BCUT2D eigenvalue weighted by Crippen LogP contribution is 2.30. The van der Waals surface area contributed by atoms with Crippen LogP contribution in [0.4, 0.5) is 4.39 Å². The van der Waals surface area contributed by atoms with E-state index in [0.717, 1.165) is 12.1 Å². The third kappa shape index (κ3) is 4.52. The van der Waals surface area contributed by atoms with Gasteiger partial charge in [0.15, 0.2) is 0 Å². The lowest BCUT2D eigenvalue weighted by Gasteiger charge is -2.35. The van der Waals surface area contributed by atoms with E-state index >= 15 is 0 Å². The monoisotopic (exact) mass is 293 g/mol. The van der Waals surface area contributed by atoms with Crippen LogP contribution in [0.15, 0.2) is 24.3 Å². The van der Waals surface area contributed by atoms with Crippen LogP contribution in [0.5, 0.6) is 0 Å². The molecule has 2 unspecified atom stereocenters. The summed E-state index contributed by atoms with van der Waals surface area (Å²) in [5, 5.41) is 3.51. The fourth-order valence-electron chi connectivity index (χ4n) is 3.62. The second-order valence-electron chi connectivity index (χ2n) is 6.06. The highest BCUT2D eigenvalue weighted by molar-refractivity contribution is 5.19.